The molecule has 0 aliphatic heterocycles. The first-order valence-electron chi connectivity index (χ1n) is 10.2. The van der Waals surface area contributed by atoms with Crippen molar-refractivity contribution >= 4 is 31.2 Å². The van der Waals surface area contributed by atoms with Gasteiger partial charge < -0.3 is 4.74 Å². The molecular weight excluding hydrogens is 336 g/mol. The minimum absolute atomic E-state index is 0.113. The summed E-state index contributed by atoms with van der Waals surface area (Å²) < 4.78 is 4.86. The van der Waals surface area contributed by atoms with Crippen molar-refractivity contribution in [2.45, 2.75) is 114 Å². The third kappa shape index (κ3) is 20.2. The minimum Gasteiger partial charge on any atom is -0.464 e. The summed E-state index contributed by atoms with van der Waals surface area (Å²) in [5.74, 6) is -0.113. The van der Waals surface area contributed by atoms with E-state index in [2.05, 4.69) is 32.2 Å². The molecule has 0 N–H and O–H groups in total. The Bertz CT molecular complexity index is 270. The summed E-state index contributed by atoms with van der Waals surface area (Å²) in [5, 5.41) is 0. The Labute approximate surface area is 161 Å². The number of hydrogen-bond donors (Lipinski definition) is 2. The van der Waals surface area contributed by atoms with Crippen LogP contribution in [0, 0.1) is 0 Å². The predicted octanol–water partition coefficient (Wildman–Crippen LogP) is 6.98. The molecule has 24 heavy (non-hydrogen) atoms. The predicted molar refractivity (Wildman–Crippen MR) is 112 cm³/mol. The molecule has 0 unspecified atom stereocenters. The van der Waals surface area contributed by atoms with Gasteiger partial charge in [0.1, 0.15) is 6.61 Å². The summed E-state index contributed by atoms with van der Waals surface area (Å²) >= 11 is 8.12. The van der Waals surface area contributed by atoms with Crippen LogP contribution in [0.25, 0.3) is 0 Å². The van der Waals surface area contributed by atoms with E-state index in [-0.39, 0.29) is 10.6 Å². The highest BCUT2D eigenvalue weighted by Gasteiger charge is 2.04. The number of hydrogen-bond acceptors (Lipinski definition) is 4. The molecular formula is C20H40O2S2. The molecule has 0 bridgehead atoms. The lowest BCUT2D eigenvalue weighted by molar-refractivity contribution is -0.143. The molecule has 0 saturated carbocycles. The van der Waals surface area contributed by atoms with Gasteiger partial charge in [-0.15, -0.1) is 0 Å². The molecule has 4 heteroatoms. The maximum absolute atomic E-state index is 11.4. The molecule has 0 amide bonds. The van der Waals surface area contributed by atoms with Crippen LogP contribution in [0.2, 0.25) is 0 Å². The van der Waals surface area contributed by atoms with Gasteiger partial charge in [0.05, 0.1) is 4.58 Å². The van der Waals surface area contributed by atoms with E-state index >= 15 is 0 Å². The van der Waals surface area contributed by atoms with Crippen molar-refractivity contribution in [3.05, 3.63) is 0 Å². The number of thiol groups is 2. The summed E-state index contributed by atoms with van der Waals surface area (Å²) in [4.78, 5) is 11.4. The second-order valence-electron chi connectivity index (χ2n) is 6.86. The quantitative estimate of drug-likeness (QED) is 0.117. The van der Waals surface area contributed by atoms with Crippen LogP contribution < -0.4 is 0 Å². The number of unbranched alkanes of at least 4 members (excludes halogenated alkanes) is 14. The van der Waals surface area contributed by atoms with Crippen molar-refractivity contribution < 1.29 is 9.53 Å². The molecule has 0 heterocycles. The molecule has 0 radical (unpaired) electrons. The van der Waals surface area contributed by atoms with Crippen LogP contribution in [-0.2, 0) is 9.53 Å². The Morgan fingerprint density at radius 2 is 1.08 bits per heavy atom. The summed E-state index contributed by atoms with van der Waals surface area (Å²) in [6.07, 6.45) is 20.6. The van der Waals surface area contributed by atoms with E-state index in [0.717, 1.165) is 12.8 Å². The van der Waals surface area contributed by atoms with Gasteiger partial charge in [-0.2, -0.15) is 25.3 Å². The number of carbonyl (C=O) groups is 1. The summed E-state index contributed by atoms with van der Waals surface area (Å²) in [7, 11) is 0. The highest BCUT2D eigenvalue weighted by molar-refractivity contribution is 7.99. The molecule has 0 rings (SSSR count). The van der Waals surface area contributed by atoms with Crippen molar-refractivity contribution in [1.29, 1.82) is 0 Å². The molecule has 144 valence electrons. The van der Waals surface area contributed by atoms with Gasteiger partial charge in [0.2, 0.25) is 0 Å². The Hall–Kier alpha value is 0.170. The average Bonchev–Trinajstić information content (AvgIpc) is 2.56. The van der Waals surface area contributed by atoms with Crippen LogP contribution in [0.15, 0.2) is 0 Å². The van der Waals surface area contributed by atoms with Crippen molar-refractivity contribution in [2.24, 2.45) is 0 Å². The number of carbonyl (C=O) groups excluding carboxylic acids is 1. The van der Waals surface area contributed by atoms with Crippen LogP contribution >= 0.6 is 25.3 Å². The SMILES string of the molecule is CCCCCCCCCCCCCCCCCC(=O)OCC(S)S. The first-order valence-corrected chi connectivity index (χ1v) is 11.2. The lowest BCUT2D eigenvalue weighted by Gasteiger charge is -2.06. The summed E-state index contributed by atoms with van der Waals surface area (Å²) in [6.45, 7) is 2.57. The van der Waals surface area contributed by atoms with Crippen molar-refractivity contribution in [1.82, 2.24) is 0 Å². The maximum Gasteiger partial charge on any atom is 0.305 e. The highest BCUT2D eigenvalue weighted by atomic mass is 32.2. The van der Waals surface area contributed by atoms with Crippen molar-refractivity contribution in [2.75, 3.05) is 6.61 Å². The van der Waals surface area contributed by atoms with Gasteiger partial charge in [-0.05, 0) is 6.42 Å². The monoisotopic (exact) mass is 376 g/mol. The third-order valence-corrected chi connectivity index (χ3v) is 4.68. The van der Waals surface area contributed by atoms with E-state index in [4.69, 9.17) is 4.74 Å². The molecule has 0 atom stereocenters. The number of rotatable bonds is 18. The third-order valence-electron chi connectivity index (χ3n) is 4.38. The standard InChI is InChI=1S/C20H40O2S2/c1-2-3-4-5-6-7-8-9-10-11-12-13-14-15-16-17-19(21)22-18-20(23)24/h20,23-24H,2-18H2,1H3. The van der Waals surface area contributed by atoms with Gasteiger partial charge in [0, 0.05) is 6.42 Å². The van der Waals surface area contributed by atoms with Gasteiger partial charge in [-0.25, -0.2) is 0 Å². The fourth-order valence-corrected chi connectivity index (χ4v) is 3.03. The van der Waals surface area contributed by atoms with Gasteiger partial charge in [-0.1, -0.05) is 96.8 Å². The zero-order valence-corrected chi connectivity index (χ0v) is 17.6. The number of esters is 1. The first-order chi connectivity index (χ1) is 11.7. The summed E-state index contributed by atoms with van der Waals surface area (Å²) in [5.41, 5.74) is 0. The van der Waals surface area contributed by atoms with Crippen LogP contribution in [0.4, 0.5) is 0 Å². The maximum atomic E-state index is 11.4. The van der Waals surface area contributed by atoms with Gasteiger partial charge >= 0.3 is 5.97 Å². The molecule has 0 saturated heterocycles. The van der Waals surface area contributed by atoms with Crippen molar-refractivity contribution in [3.63, 3.8) is 0 Å². The van der Waals surface area contributed by atoms with E-state index in [1.54, 1.807) is 0 Å². The topological polar surface area (TPSA) is 26.3 Å². The van der Waals surface area contributed by atoms with Gasteiger partial charge in [-0.3, -0.25) is 4.79 Å². The molecule has 0 spiro atoms. The van der Waals surface area contributed by atoms with Crippen LogP contribution in [0.1, 0.15) is 110 Å². The minimum atomic E-state index is -0.171. The summed E-state index contributed by atoms with van der Waals surface area (Å²) in [6, 6.07) is 0. The van der Waals surface area contributed by atoms with E-state index in [9.17, 15) is 4.79 Å². The van der Waals surface area contributed by atoms with Gasteiger partial charge in [0.25, 0.3) is 0 Å². The molecule has 0 aliphatic carbocycles. The molecule has 0 aromatic carbocycles. The van der Waals surface area contributed by atoms with E-state index in [0.29, 0.717) is 13.0 Å². The second-order valence-corrected chi connectivity index (χ2v) is 8.52. The van der Waals surface area contributed by atoms with E-state index in [1.165, 1.54) is 83.5 Å². The van der Waals surface area contributed by atoms with E-state index < -0.39 is 0 Å². The zero-order chi connectivity index (χ0) is 17.9. The van der Waals surface area contributed by atoms with Gasteiger partial charge in [0.15, 0.2) is 0 Å². The second kappa shape index (κ2) is 19.5. The van der Waals surface area contributed by atoms with E-state index in [1.807, 2.05) is 0 Å². The zero-order valence-electron chi connectivity index (χ0n) is 15.8. The molecule has 0 aliphatic rings. The largest absolute Gasteiger partial charge is 0.464 e. The normalized spacial score (nSPS) is 11.2. The lowest BCUT2D eigenvalue weighted by Crippen LogP contribution is -2.09. The smallest absolute Gasteiger partial charge is 0.305 e. The van der Waals surface area contributed by atoms with Crippen LogP contribution in [-0.4, -0.2) is 17.2 Å². The Morgan fingerprint density at radius 1 is 0.708 bits per heavy atom. The average molecular weight is 377 g/mol. The fourth-order valence-electron chi connectivity index (χ4n) is 2.88. The first kappa shape index (κ1) is 24.2. The molecule has 0 fully saturated rings. The number of ether oxygens (including phenoxy) is 1. The highest BCUT2D eigenvalue weighted by Crippen LogP contribution is 2.14. The Kier molecular flexibility index (Phi) is 19.6. The lowest BCUT2D eigenvalue weighted by atomic mass is 10.0. The molecule has 0 aromatic heterocycles. The van der Waals surface area contributed by atoms with Crippen molar-refractivity contribution in [3.8, 4) is 0 Å². The van der Waals surface area contributed by atoms with Crippen LogP contribution in [0.5, 0.6) is 0 Å². The van der Waals surface area contributed by atoms with Crippen LogP contribution in [0.3, 0.4) is 0 Å². The fraction of sp³-hybridized carbons (Fsp3) is 0.950. The molecule has 2 nitrogen and oxygen atoms in total. The molecule has 0 aromatic rings. The Morgan fingerprint density at radius 3 is 1.46 bits per heavy atom. The Balaban J connectivity index is 3.08.